The Balaban J connectivity index is 1.43. The van der Waals surface area contributed by atoms with Crippen LogP contribution in [-0.4, -0.2) is 30.6 Å². The normalized spacial score (nSPS) is 22.9. The van der Waals surface area contributed by atoms with Crippen LogP contribution >= 0.6 is 0 Å². The van der Waals surface area contributed by atoms with E-state index in [1.165, 1.54) is 22.3 Å². The van der Waals surface area contributed by atoms with Crippen molar-refractivity contribution in [1.29, 1.82) is 0 Å². The summed E-state index contributed by atoms with van der Waals surface area (Å²) >= 11 is 0. The number of aryl methyl sites for hydroxylation is 1. The van der Waals surface area contributed by atoms with E-state index in [4.69, 9.17) is 9.39 Å². The minimum Gasteiger partial charge on any atom is -0.406 e. The summed E-state index contributed by atoms with van der Waals surface area (Å²) in [5.74, 6) is 0. The molecule has 3 nitrogen and oxygen atoms in total. The van der Waals surface area contributed by atoms with Crippen molar-refractivity contribution >= 4 is 7.05 Å². The Morgan fingerprint density at radius 1 is 0.933 bits per heavy atom. The first kappa shape index (κ1) is 19.6. The molecule has 3 aromatic rings. The summed E-state index contributed by atoms with van der Waals surface area (Å²) in [6, 6.07) is 30.2. The Labute approximate surface area is 179 Å². The molecule has 0 radical (unpaired) electrons. The summed E-state index contributed by atoms with van der Waals surface area (Å²) in [6.07, 6.45) is 1.16. The molecule has 0 saturated carbocycles. The quantitative estimate of drug-likeness (QED) is 0.563. The van der Waals surface area contributed by atoms with Crippen LogP contribution in [0.2, 0.25) is 6.82 Å². The van der Waals surface area contributed by atoms with Crippen molar-refractivity contribution in [2.45, 2.75) is 44.5 Å². The SMILES string of the molecule is CB1OC(c2ccccc2)(c2ccccc2)[C@H]2C[C@@H](OCc3ccc(C)cc3)CN12. The molecule has 2 aliphatic heterocycles. The zero-order chi connectivity index (χ0) is 20.6. The standard InChI is InChI=1S/C26H28BNO2/c1-20-13-15-21(16-14-20)19-29-24-17-25-26(22-9-5-3-6-10-22,23-11-7-4-8-12-23)30-27(2)28(25)18-24/h3-16,24-25H,17-19H2,1-2H3/t24-,25-/m1/s1. The van der Waals surface area contributed by atoms with Crippen molar-refractivity contribution in [3.63, 3.8) is 0 Å². The first-order valence-electron chi connectivity index (χ1n) is 10.9. The fraction of sp³-hybridized carbons (Fsp3) is 0.308. The molecule has 2 fully saturated rings. The second-order valence-corrected chi connectivity index (χ2v) is 8.55. The third-order valence-corrected chi connectivity index (χ3v) is 6.61. The minimum absolute atomic E-state index is 0.0448. The lowest BCUT2D eigenvalue weighted by Crippen LogP contribution is -2.41. The van der Waals surface area contributed by atoms with Crippen molar-refractivity contribution in [3.8, 4) is 0 Å². The Kier molecular flexibility index (Phi) is 5.24. The first-order valence-corrected chi connectivity index (χ1v) is 10.9. The van der Waals surface area contributed by atoms with Crippen LogP contribution in [0.5, 0.6) is 0 Å². The maximum Gasteiger partial charge on any atom is 0.380 e. The predicted molar refractivity (Wildman–Crippen MR) is 121 cm³/mol. The number of rotatable bonds is 5. The Morgan fingerprint density at radius 2 is 1.53 bits per heavy atom. The monoisotopic (exact) mass is 397 g/mol. The van der Waals surface area contributed by atoms with Crippen LogP contribution in [0.3, 0.4) is 0 Å². The Bertz CT molecular complexity index is 937. The molecule has 0 unspecified atom stereocenters. The molecule has 152 valence electrons. The van der Waals surface area contributed by atoms with Crippen molar-refractivity contribution in [2.24, 2.45) is 0 Å². The molecule has 0 bridgehead atoms. The molecule has 0 aromatic heterocycles. The van der Waals surface area contributed by atoms with E-state index < -0.39 is 5.60 Å². The molecule has 0 aliphatic carbocycles. The molecule has 0 N–H and O–H groups in total. The largest absolute Gasteiger partial charge is 0.406 e. The van der Waals surface area contributed by atoms with Gasteiger partial charge in [-0.3, -0.25) is 0 Å². The van der Waals surface area contributed by atoms with Gasteiger partial charge in [0.2, 0.25) is 0 Å². The lowest BCUT2D eigenvalue weighted by Gasteiger charge is -2.36. The van der Waals surface area contributed by atoms with Gasteiger partial charge in [-0.2, -0.15) is 0 Å². The van der Waals surface area contributed by atoms with Crippen LogP contribution in [0.1, 0.15) is 28.7 Å². The van der Waals surface area contributed by atoms with E-state index >= 15 is 0 Å². The van der Waals surface area contributed by atoms with E-state index in [2.05, 4.69) is 103 Å². The van der Waals surface area contributed by atoms with Gasteiger partial charge in [0.1, 0.15) is 5.60 Å². The molecule has 2 atom stereocenters. The highest BCUT2D eigenvalue weighted by Crippen LogP contribution is 2.49. The van der Waals surface area contributed by atoms with Crippen LogP contribution in [0.15, 0.2) is 84.9 Å². The molecule has 2 aliphatic rings. The van der Waals surface area contributed by atoms with Crippen LogP contribution < -0.4 is 0 Å². The van der Waals surface area contributed by atoms with Crippen molar-refractivity contribution in [1.82, 2.24) is 4.81 Å². The molecule has 0 spiro atoms. The Hall–Kier alpha value is -2.40. The molecule has 4 heteroatoms. The Morgan fingerprint density at radius 3 is 2.13 bits per heavy atom. The van der Waals surface area contributed by atoms with Crippen LogP contribution in [0.25, 0.3) is 0 Å². The van der Waals surface area contributed by atoms with Crippen molar-refractivity contribution in [2.75, 3.05) is 6.54 Å². The smallest absolute Gasteiger partial charge is 0.380 e. The van der Waals surface area contributed by atoms with Gasteiger partial charge < -0.3 is 14.2 Å². The van der Waals surface area contributed by atoms with E-state index in [9.17, 15) is 0 Å². The molecular formula is C26H28BNO2. The number of ether oxygens (including phenoxy) is 1. The summed E-state index contributed by atoms with van der Waals surface area (Å²) in [4.78, 5) is 2.49. The number of hydrogen-bond donors (Lipinski definition) is 0. The zero-order valence-electron chi connectivity index (χ0n) is 17.7. The number of fused-ring (bicyclic) bond motifs is 1. The highest BCUT2D eigenvalue weighted by atomic mass is 16.5. The van der Waals surface area contributed by atoms with E-state index in [1.54, 1.807) is 0 Å². The lowest BCUT2D eigenvalue weighted by atomic mass is 9.79. The minimum atomic E-state index is -0.468. The third kappa shape index (κ3) is 3.39. The van der Waals surface area contributed by atoms with Gasteiger partial charge in [-0.15, -0.1) is 0 Å². The van der Waals surface area contributed by atoms with Gasteiger partial charge in [-0.1, -0.05) is 90.5 Å². The molecule has 2 saturated heterocycles. The van der Waals surface area contributed by atoms with Crippen molar-refractivity contribution in [3.05, 3.63) is 107 Å². The summed E-state index contributed by atoms with van der Waals surface area (Å²) in [7, 11) is 0.0448. The maximum atomic E-state index is 6.78. The second-order valence-electron chi connectivity index (χ2n) is 8.55. The van der Waals surface area contributed by atoms with Gasteiger partial charge in [0.25, 0.3) is 0 Å². The number of benzene rings is 3. The average molecular weight is 397 g/mol. The average Bonchev–Trinajstić information content (AvgIpc) is 3.34. The molecule has 5 rings (SSSR count). The van der Waals surface area contributed by atoms with Gasteiger partial charge in [0.05, 0.1) is 12.7 Å². The van der Waals surface area contributed by atoms with Crippen LogP contribution in [0, 0.1) is 6.92 Å². The third-order valence-electron chi connectivity index (χ3n) is 6.61. The van der Waals surface area contributed by atoms with E-state index in [0.717, 1.165) is 13.0 Å². The summed E-state index contributed by atoms with van der Waals surface area (Å²) in [6.45, 7) is 5.84. The summed E-state index contributed by atoms with van der Waals surface area (Å²) in [5.41, 5.74) is 4.48. The molecular weight excluding hydrogens is 369 g/mol. The summed E-state index contributed by atoms with van der Waals surface area (Å²) in [5, 5.41) is 0. The van der Waals surface area contributed by atoms with Crippen LogP contribution in [-0.2, 0) is 21.6 Å². The van der Waals surface area contributed by atoms with Crippen molar-refractivity contribution < 1.29 is 9.39 Å². The molecule has 30 heavy (non-hydrogen) atoms. The van der Waals surface area contributed by atoms with Gasteiger partial charge in [-0.25, -0.2) is 0 Å². The molecule has 0 amide bonds. The summed E-state index contributed by atoms with van der Waals surface area (Å²) < 4.78 is 13.2. The fourth-order valence-corrected chi connectivity index (χ4v) is 5.12. The van der Waals surface area contributed by atoms with E-state index in [1.807, 2.05) is 0 Å². The van der Waals surface area contributed by atoms with E-state index in [0.29, 0.717) is 6.61 Å². The maximum absolute atomic E-state index is 6.78. The van der Waals surface area contributed by atoms with Gasteiger partial charge in [-0.05, 0) is 36.9 Å². The zero-order valence-corrected chi connectivity index (χ0v) is 17.7. The number of nitrogens with zero attached hydrogens (tertiary/aromatic N) is 1. The molecule has 2 heterocycles. The number of hydrogen-bond acceptors (Lipinski definition) is 3. The topological polar surface area (TPSA) is 21.7 Å². The highest BCUT2D eigenvalue weighted by Gasteiger charge is 2.58. The fourth-order valence-electron chi connectivity index (χ4n) is 5.12. The highest BCUT2D eigenvalue weighted by molar-refractivity contribution is 6.48. The van der Waals surface area contributed by atoms with Crippen LogP contribution in [0.4, 0.5) is 0 Å². The second kappa shape index (κ2) is 8.03. The first-order chi connectivity index (χ1) is 14.7. The predicted octanol–water partition coefficient (Wildman–Crippen LogP) is 5.05. The van der Waals surface area contributed by atoms with E-state index in [-0.39, 0.29) is 19.2 Å². The lowest BCUT2D eigenvalue weighted by molar-refractivity contribution is 0.0376. The molecule has 3 aromatic carbocycles. The van der Waals surface area contributed by atoms with Gasteiger partial charge in [0, 0.05) is 12.6 Å². The van der Waals surface area contributed by atoms with Gasteiger partial charge >= 0.3 is 7.05 Å². The van der Waals surface area contributed by atoms with Gasteiger partial charge in [0.15, 0.2) is 0 Å².